The monoisotopic (exact) mass is 488 g/mol. The summed E-state index contributed by atoms with van der Waals surface area (Å²) in [5, 5.41) is 25.4. The number of hydrogen-bond acceptors (Lipinski definition) is 8. The molecule has 15 nitrogen and oxygen atoms in total. The van der Waals surface area contributed by atoms with Gasteiger partial charge in [-0.15, -0.1) is 0 Å². The lowest BCUT2D eigenvalue weighted by atomic mass is 10.0. The van der Waals surface area contributed by atoms with Crippen LogP contribution in [0.25, 0.3) is 0 Å². The fraction of sp³-hybridized carbons (Fsp3) is 0.684. The Kier molecular flexibility index (Phi) is 13.8. The molecule has 0 heterocycles. The van der Waals surface area contributed by atoms with Crippen molar-refractivity contribution in [3.05, 3.63) is 0 Å². The zero-order chi connectivity index (χ0) is 26.4. The Balaban J connectivity index is 5.43. The van der Waals surface area contributed by atoms with E-state index >= 15 is 0 Å². The van der Waals surface area contributed by atoms with Gasteiger partial charge in [0.15, 0.2) is 5.96 Å². The predicted molar refractivity (Wildman–Crippen MR) is 122 cm³/mol. The van der Waals surface area contributed by atoms with Crippen LogP contribution in [-0.2, 0) is 24.0 Å². The van der Waals surface area contributed by atoms with E-state index in [1.807, 2.05) is 0 Å². The highest BCUT2D eigenvalue weighted by Crippen LogP contribution is 2.08. The van der Waals surface area contributed by atoms with Crippen LogP contribution in [0.15, 0.2) is 4.99 Å². The van der Waals surface area contributed by atoms with Crippen molar-refractivity contribution < 1.29 is 34.2 Å². The molecule has 0 aliphatic carbocycles. The second-order valence-corrected chi connectivity index (χ2v) is 8.06. The number of guanidine groups is 1. The summed E-state index contributed by atoms with van der Waals surface area (Å²) in [6, 6.07) is -5.24. The summed E-state index contributed by atoms with van der Waals surface area (Å²) in [5.74, 6) is -5.01. The number of hydrogen-bond donors (Lipinski definition) is 9. The number of nitrogens with one attached hydrogen (secondary N) is 3. The molecular weight excluding hydrogens is 452 g/mol. The number of aliphatic hydroxyl groups is 1. The van der Waals surface area contributed by atoms with Crippen LogP contribution in [0.1, 0.15) is 39.5 Å². The smallest absolute Gasteiger partial charge is 0.326 e. The Bertz CT molecular complexity index is 755. The van der Waals surface area contributed by atoms with Crippen molar-refractivity contribution in [2.75, 3.05) is 13.2 Å². The van der Waals surface area contributed by atoms with Crippen molar-refractivity contribution in [1.29, 1.82) is 0 Å². The first-order chi connectivity index (χ1) is 15.8. The summed E-state index contributed by atoms with van der Waals surface area (Å²) in [5.41, 5.74) is 21.0. The lowest BCUT2D eigenvalue weighted by Gasteiger charge is -2.25. The van der Waals surface area contributed by atoms with Crippen LogP contribution in [0.2, 0.25) is 0 Å². The third-order valence-corrected chi connectivity index (χ3v) is 4.47. The Morgan fingerprint density at radius 2 is 1.41 bits per heavy atom. The van der Waals surface area contributed by atoms with Gasteiger partial charge in [-0.2, -0.15) is 0 Å². The SMILES string of the molecule is CC(C)CC(NC(=O)C(CC(N)=O)NC(=O)C(N)CO)C(=O)NC(CCCN=C(N)N)C(=O)O. The van der Waals surface area contributed by atoms with Gasteiger partial charge in [0.1, 0.15) is 24.2 Å². The summed E-state index contributed by atoms with van der Waals surface area (Å²) in [7, 11) is 0. The lowest BCUT2D eigenvalue weighted by molar-refractivity contribution is -0.142. The Morgan fingerprint density at radius 3 is 1.88 bits per heavy atom. The maximum absolute atomic E-state index is 12.8. The number of carboxylic acids is 1. The lowest BCUT2D eigenvalue weighted by Crippen LogP contribution is -2.58. The van der Waals surface area contributed by atoms with Crippen LogP contribution in [-0.4, -0.2) is 83.1 Å². The molecule has 4 atom stereocenters. The molecule has 0 spiro atoms. The number of aliphatic carboxylic acids is 1. The Labute approximate surface area is 197 Å². The predicted octanol–water partition coefficient (Wildman–Crippen LogP) is -4.18. The average Bonchev–Trinajstić information content (AvgIpc) is 2.72. The molecular formula is C19H36N8O7. The van der Waals surface area contributed by atoms with Gasteiger partial charge in [-0.05, 0) is 25.2 Å². The van der Waals surface area contributed by atoms with Crippen LogP contribution in [0.5, 0.6) is 0 Å². The molecule has 0 bridgehead atoms. The molecule has 0 aliphatic heterocycles. The van der Waals surface area contributed by atoms with Crippen LogP contribution >= 0.6 is 0 Å². The van der Waals surface area contributed by atoms with Gasteiger partial charge in [-0.1, -0.05) is 13.8 Å². The second kappa shape index (κ2) is 15.4. The molecule has 0 radical (unpaired) electrons. The minimum Gasteiger partial charge on any atom is -0.480 e. The standard InChI is InChI=1S/C19H36N8O7/c1-9(2)6-12(16(31)25-11(18(33)34)4-3-5-24-19(22)23)27-17(32)13(7-14(21)29)26-15(30)10(20)8-28/h9-13,28H,3-8,20H2,1-2H3,(H2,21,29)(H,25,31)(H,26,30)(H,27,32)(H,33,34)(H4,22,23,24). The first-order valence-corrected chi connectivity index (χ1v) is 10.6. The second-order valence-electron chi connectivity index (χ2n) is 8.06. The number of aliphatic imine (C=N–C) groups is 1. The minimum absolute atomic E-state index is 0.0274. The van der Waals surface area contributed by atoms with E-state index in [2.05, 4.69) is 20.9 Å². The average molecular weight is 489 g/mol. The molecule has 4 amide bonds. The molecule has 34 heavy (non-hydrogen) atoms. The molecule has 0 aliphatic rings. The maximum atomic E-state index is 12.8. The van der Waals surface area contributed by atoms with E-state index in [4.69, 9.17) is 28.0 Å². The van der Waals surface area contributed by atoms with Gasteiger partial charge in [0.2, 0.25) is 23.6 Å². The number of amides is 4. The topological polar surface area (TPSA) is 278 Å². The van der Waals surface area contributed by atoms with Gasteiger partial charge in [-0.3, -0.25) is 24.2 Å². The van der Waals surface area contributed by atoms with Gasteiger partial charge < -0.3 is 49.1 Å². The summed E-state index contributed by atoms with van der Waals surface area (Å²) >= 11 is 0. The number of rotatable bonds is 16. The van der Waals surface area contributed by atoms with E-state index in [-0.39, 0.29) is 37.7 Å². The fourth-order valence-corrected chi connectivity index (χ4v) is 2.78. The highest BCUT2D eigenvalue weighted by Gasteiger charge is 2.31. The number of carbonyl (C=O) groups is 5. The number of nitrogens with two attached hydrogens (primary N) is 4. The van der Waals surface area contributed by atoms with Gasteiger partial charge >= 0.3 is 5.97 Å². The molecule has 4 unspecified atom stereocenters. The molecule has 0 saturated heterocycles. The molecule has 0 saturated carbocycles. The zero-order valence-electron chi connectivity index (χ0n) is 19.3. The van der Waals surface area contributed by atoms with E-state index in [0.717, 1.165) is 0 Å². The van der Waals surface area contributed by atoms with E-state index in [1.54, 1.807) is 13.8 Å². The van der Waals surface area contributed by atoms with Gasteiger partial charge in [-0.25, -0.2) is 4.79 Å². The van der Waals surface area contributed by atoms with Crippen LogP contribution < -0.4 is 38.9 Å². The number of nitrogens with zero attached hydrogens (tertiary/aromatic N) is 1. The van der Waals surface area contributed by atoms with Crippen molar-refractivity contribution in [2.24, 2.45) is 33.8 Å². The molecule has 0 aromatic rings. The van der Waals surface area contributed by atoms with E-state index < -0.39 is 66.8 Å². The van der Waals surface area contributed by atoms with Gasteiger partial charge in [0.05, 0.1) is 13.0 Å². The third kappa shape index (κ3) is 12.5. The first-order valence-electron chi connectivity index (χ1n) is 10.6. The van der Waals surface area contributed by atoms with E-state index in [9.17, 15) is 29.1 Å². The maximum Gasteiger partial charge on any atom is 0.326 e. The molecule has 0 fully saturated rings. The quantitative estimate of drug-likeness (QED) is 0.0573. The molecule has 194 valence electrons. The fourth-order valence-electron chi connectivity index (χ4n) is 2.78. The van der Waals surface area contributed by atoms with E-state index in [1.165, 1.54) is 0 Å². The summed E-state index contributed by atoms with van der Waals surface area (Å²) in [4.78, 5) is 64.2. The van der Waals surface area contributed by atoms with Crippen LogP contribution in [0.3, 0.4) is 0 Å². The van der Waals surface area contributed by atoms with Gasteiger partial charge in [0, 0.05) is 6.54 Å². The van der Waals surface area contributed by atoms with Crippen molar-refractivity contribution in [1.82, 2.24) is 16.0 Å². The summed E-state index contributed by atoms with van der Waals surface area (Å²) < 4.78 is 0. The summed E-state index contributed by atoms with van der Waals surface area (Å²) in [6.07, 6.45) is -0.159. The first kappa shape index (κ1) is 30.5. The molecule has 0 rings (SSSR count). The number of carboxylic acid groups (broad SMARTS) is 1. The van der Waals surface area contributed by atoms with Crippen LogP contribution in [0.4, 0.5) is 0 Å². The molecule has 13 N–H and O–H groups in total. The highest BCUT2D eigenvalue weighted by molar-refractivity contribution is 5.96. The van der Waals surface area contributed by atoms with Crippen molar-refractivity contribution in [3.8, 4) is 0 Å². The summed E-state index contributed by atoms with van der Waals surface area (Å²) in [6.45, 7) is 3.02. The normalized spacial score (nSPS) is 14.3. The van der Waals surface area contributed by atoms with Crippen LogP contribution in [0, 0.1) is 5.92 Å². The largest absolute Gasteiger partial charge is 0.480 e. The molecule has 0 aromatic heterocycles. The number of carbonyl (C=O) groups excluding carboxylic acids is 4. The Hall–Kier alpha value is -3.46. The van der Waals surface area contributed by atoms with E-state index in [0.29, 0.717) is 0 Å². The van der Waals surface area contributed by atoms with Crippen molar-refractivity contribution in [2.45, 2.75) is 63.7 Å². The highest BCUT2D eigenvalue weighted by atomic mass is 16.4. The Morgan fingerprint density at radius 1 is 0.882 bits per heavy atom. The molecule has 0 aromatic carbocycles. The zero-order valence-corrected chi connectivity index (χ0v) is 19.3. The van der Waals surface area contributed by atoms with Crippen molar-refractivity contribution >= 4 is 35.6 Å². The van der Waals surface area contributed by atoms with Crippen molar-refractivity contribution in [3.63, 3.8) is 0 Å². The minimum atomic E-state index is -1.46. The number of primary amides is 1. The third-order valence-electron chi connectivity index (χ3n) is 4.47. The number of aliphatic hydroxyl groups excluding tert-OH is 1. The molecule has 15 heteroatoms. The van der Waals surface area contributed by atoms with Gasteiger partial charge in [0.25, 0.3) is 0 Å².